The number of nitrogens with two attached hydrogens (primary N) is 1. The highest BCUT2D eigenvalue weighted by atomic mass is 16.5. The van der Waals surface area contributed by atoms with E-state index in [-0.39, 0.29) is 18.4 Å². The van der Waals surface area contributed by atoms with Crippen LogP contribution in [0.2, 0.25) is 0 Å². The van der Waals surface area contributed by atoms with Crippen molar-refractivity contribution in [3.05, 3.63) is 6.33 Å². The lowest BCUT2D eigenvalue weighted by Gasteiger charge is -2.16. The maximum Gasteiger partial charge on any atom is 0.244 e. The van der Waals surface area contributed by atoms with Crippen molar-refractivity contribution in [1.29, 1.82) is 0 Å². The SMILES string of the molecule is CCOCCN(C)C(=O)Cn1cnc(N)n1. The van der Waals surface area contributed by atoms with Gasteiger partial charge < -0.3 is 15.4 Å². The van der Waals surface area contributed by atoms with Crippen molar-refractivity contribution in [2.45, 2.75) is 13.5 Å². The molecule has 0 aliphatic rings. The molecular formula is C9H17N5O2. The highest BCUT2D eigenvalue weighted by molar-refractivity contribution is 5.75. The van der Waals surface area contributed by atoms with E-state index >= 15 is 0 Å². The Bertz CT molecular complexity index is 338. The van der Waals surface area contributed by atoms with E-state index in [1.165, 1.54) is 11.0 Å². The summed E-state index contributed by atoms with van der Waals surface area (Å²) in [4.78, 5) is 17.0. The van der Waals surface area contributed by atoms with Crippen molar-refractivity contribution in [1.82, 2.24) is 19.7 Å². The number of rotatable bonds is 6. The van der Waals surface area contributed by atoms with Gasteiger partial charge in [0.25, 0.3) is 0 Å². The first-order valence-electron chi connectivity index (χ1n) is 5.10. The molecule has 16 heavy (non-hydrogen) atoms. The Labute approximate surface area is 94.2 Å². The minimum atomic E-state index is -0.0513. The molecule has 0 unspecified atom stereocenters. The second-order valence-electron chi connectivity index (χ2n) is 3.31. The molecule has 0 bridgehead atoms. The Morgan fingerprint density at radius 3 is 3.00 bits per heavy atom. The van der Waals surface area contributed by atoms with Crippen LogP contribution in [0, 0.1) is 0 Å². The first kappa shape index (κ1) is 12.4. The molecule has 1 rings (SSSR count). The molecule has 0 aromatic carbocycles. The van der Waals surface area contributed by atoms with E-state index in [2.05, 4.69) is 10.1 Å². The average molecular weight is 227 g/mol. The zero-order valence-corrected chi connectivity index (χ0v) is 9.59. The molecule has 0 aliphatic heterocycles. The van der Waals surface area contributed by atoms with E-state index in [9.17, 15) is 4.79 Å². The lowest BCUT2D eigenvalue weighted by atomic mass is 10.5. The molecule has 0 saturated carbocycles. The minimum Gasteiger partial charge on any atom is -0.380 e. The van der Waals surface area contributed by atoms with Gasteiger partial charge in [0.2, 0.25) is 11.9 Å². The number of carbonyl (C=O) groups is 1. The minimum absolute atomic E-state index is 0.0513. The fourth-order valence-corrected chi connectivity index (χ4v) is 1.12. The van der Waals surface area contributed by atoms with Gasteiger partial charge in [-0.15, -0.1) is 5.10 Å². The summed E-state index contributed by atoms with van der Waals surface area (Å²) in [5.74, 6) is 0.120. The predicted molar refractivity (Wildman–Crippen MR) is 58.6 cm³/mol. The highest BCUT2D eigenvalue weighted by Gasteiger charge is 2.09. The van der Waals surface area contributed by atoms with Gasteiger partial charge >= 0.3 is 0 Å². The smallest absolute Gasteiger partial charge is 0.244 e. The monoisotopic (exact) mass is 227 g/mol. The summed E-state index contributed by atoms with van der Waals surface area (Å²) in [6.07, 6.45) is 1.43. The number of carbonyl (C=O) groups excluding carboxylic acids is 1. The molecule has 90 valence electrons. The van der Waals surface area contributed by atoms with Crippen LogP contribution >= 0.6 is 0 Å². The van der Waals surface area contributed by atoms with Gasteiger partial charge in [0, 0.05) is 20.2 Å². The Balaban J connectivity index is 2.34. The van der Waals surface area contributed by atoms with Crippen molar-refractivity contribution >= 4 is 11.9 Å². The number of hydrogen-bond donors (Lipinski definition) is 1. The molecule has 0 radical (unpaired) electrons. The Kier molecular flexibility index (Phi) is 4.71. The van der Waals surface area contributed by atoms with Crippen LogP contribution < -0.4 is 5.73 Å². The zero-order valence-electron chi connectivity index (χ0n) is 9.59. The van der Waals surface area contributed by atoms with Gasteiger partial charge in [-0.2, -0.15) is 0 Å². The van der Waals surface area contributed by atoms with Crippen molar-refractivity contribution in [2.24, 2.45) is 0 Å². The number of nitrogen functional groups attached to an aromatic ring is 1. The molecular weight excluding hydrogens is 210 g/mol. The van der Waals surface area contributed by atoms with Gasteiger partial charge in [-0.25, -0.2) is 9.67 Å². The van der Waals surface area contributed by atoms with E-state index in [0.29, 0.717) is 19.8 Å². The van der Waals surface area contributed by atoms with Crippen LogP contribution in [0.1, 0.15) is 6.92 Å². The number of aromatic nitrogens is 3. The first-order valence-corrected chi connectivity index (χ1v) is 5.10. The van der Waals surface area contributed by atoms with Crippen molar-refractivity contribution in [3.8, 4) is 0 Å². The second-order valence-corrected chi connectivity index (χ2v) is 3.31. The standard InChI is InChI=1S/C9H17N5O2/c1-3-16-5-4-13(2)8(15)6-14-7-11-9(10)12-14/h7H,3-6H2,1-2H3,(H2,10,12). The fraction of sp³-hybridized carbons (Fsp3) is 0.667. The zero-order chi connectivity index (χ0) is 12.0. The van der Waals surface area contributed by atoms with E-state index in [4.69, 9.17) is 10.5 Å². The number of amides is 1. The normalized spacial score (nSPS) is 10.4. The summed E-state index contributed by atoms with van der Waals surface area (Å²) in [5.41, 5.74) is 5.34. The Hall–Kier alpha value is -1.63. The summed E-state index contributed by atoms with van der Waals surface area (Å²) in [6.45, 7) is 3.82. The summed E-state index contributed by atoms with van der Waals surface area (Å²) in [5, 5.41) is 3.83. The van der Waals surface area contributed by atoms with Crippen LogP contribution in [0.4, 0.5) is 5.95 Å². The predicted octanol–water partition coefficient (Wildman–Crippen LogP) is -0.645. The number of likely N-dealkylation sites (N-methyl/N-ethyl adjacent to an activating group) is 1. The van der Waals surface area contributed by atoms with Crippen LogP contribution in [-0.2, 0) is 16.1 Å². The molecule has 1 aromatic heterocycles. The third-order valence-electron chi connectivity index (χ3n) is 2.05. The topological polar surface area (TPSA) is 86.3 Å². The molecule has 7 nitrogen and oxygen atoms in total. The average Bonchev–Trinajstić information content (AvgIpc) is 2.64. The van der Waals surface area contributed by atoms with Crippen LogP contribution in [0.25, 0.3) is 0 Å². The molecule has 1 heterocycles. The number of anilines is 1. The lowest BCUT2D eigenvalue weighted by molar-refractivity contribution is -0.131. The van der Waals surface area contributed by atoms with Crippen LogP contribution in [0.15, 0.2) is 6.33 Å². The summed E-state index contributed by atoms with van der Waals surface area (Å²) in [7, 11) is 1.72. The van der Waals surface area contributed by atoms with Crippen molar-refractivity contribution in [2.75, 3.05) is 32.5 Å². The maximum atomic E-state index is 11.7. The Morgan fingerprint density at radius 2 is 2.44 bits per heavy atom. The van der Waals surface area contributed by atoms with E-state index < -0.39 is 0 Å². The molecule has 1 amide bonds. The summed E-state index contributed by atoms with van der Waals surface area (Å²) < 4.78 is 6.57. The molecule has 2 N–H and O–H groups in total. The number of ether oxygens (including phenoxy) is 1. The van der Waals surface area contributed by atoms with E-state index in [1.54, 1.807) is 11.9 Å². The number of nitrogens with zero attached hydrogens (tertiary/aromatic N) is 4. The van der Waals surface area contributed by atoms with Crippen molar-refractivity contribution in [3.63, 3.8) is 0 Å². The van der Waals surface area contributed by atoms with Crippen LogP contribution in [0.5, 0.6) is 0 Å². The maximum absolute atomic E-state index is 11.7. The molecule has 1 aromatic rings. The van der Waals surface area contributed by atoms with Gasteiger partial charge in [0.15, 0.2) is 0 Å². The lowest BCUT2D eigenvalue weighted by Crippen LogP contribution is -2.33. The van der Waals surface area contributed by atoms with Crippen molar-refractivity contribution < 1.29 is 9.53 Å². The van der Waals surface area contributed by atoms with Gasteiger partial charge in [0.1, 0.15) is 12.9 Å². The van der Waals surface area contributed by atoms with E-state index in [0.717, 1.165) is 0 Å². The quantitative estimate of drug-likeness (QED) is 0.653. The first-order chi connectivity index (χ1) is 7.63. The van der Waals surface area contributed by atoms with Gasteiger partial charge in [-0.1, -0.05) is 0 Å². The molecule has 7 heteroatoms. The molecule has 0 atom stereocenters. The van der Waals surface area contributed by atoms with Crippen LogP contribution in [0.3, 0.4) is 0 Å². The number of hydrogen-bond acceptors (Lipinski definition) is 5. The molecule has 0 fully saturated rings. The fourth-order valence-electron chi connectivity index (χ4n) is 1.12. The van der Waals surface area contributed by atoms with Gasteiger partial charge in [0.05, 0.1) is 6.61 Å². The van der Waals surface area contributed by atoms with Gasteiger partial charge in [-0.05, 0) is 6.92 Å². The van der Waals surface area contributed by atoms with Crippen LogP contribution in [-0.4, -0.2) is 52.4 Å². The van der Waals surface area contributed by atoms with Gasteiger partial charge in [-0.3, -0.25) is 4.79 Å². The van der Waals surface area contributed by atoms with E-state index in [1.807, 2.05) is 6.92 Å². The Morgan fingerprint density at radius 1 is 1.69 bits per heavy atom. The highest BCUT2D eigenvalue weighted by Crippen LogP contribution is 1.93. The summed E-state index contributed by atoms with van der Waals surface area (Å²) >= 11 is 0. The largest absolute Gasteiger partial charge is 0.380 e. The third-order valence-corrected chi connectivity index (χ3v) is 2.05. The molecule has 0 aliphatic carbocycles. The second kappa shape index (κ2) is 6.06. The summed E-state index contributed by atoms with van der Waals surface area (Å²) in [6, 6.07) is 0. The molecule has 0 spiro atoms. The molecule has 0 saturated heterocycles. The third kappa shape index (κ3) is 3.85.